The lowest BCUT2D eigenvalue weighted by Gasteiger charge is -2.43. The standard InChI is InChI=1S/C52H74N8O13S/c1-10-16-40(62)56-43(30(6)11-2)48(67)54-36(25-26-74(9)72)46(65)58-44-31(7)73-52(71)42(29(4)5)57-47(66)38(27-33-19-21-34(61)22-20-33)59(8)51(70)39(28-32-17-14-13-15-18-32)60-41(63)24-23-37(50(60)69)55-45(64)35(12-3)53-49(44)68/h12-15,17-22,29-31,36-39,41-44,61,63H,10-11,16,23-28H2,1-9H3,(H,53,68)(H,54,67)(H,55,64)(H,56,62)(H,57,66)(H,58,65). The molecule has 74 heavy (non-hydrogen) atoms. The average Bonchev–Trinajstić information content (AvgIpc) is 3.36. The zero-order chi connectivity index (χ0) is 55.0. The van der Waals surface area contributed by atoms with Crippen molar-refractivity contribution in [1.29, 1.82) is 0 Å². The number of phenolic OH excluding ortho intramolecular Hbond substituents is 1. The largest absolute Gasteiger partial charge is 0.508 e. The summed E-state index contributed by atoms with van der Waals surface area (Å²) >= 11 is 0. The maximum absolute atomic E-state index is 15.0. The van der Waals surface area contributed by atoms with Crippen molar-refractivity contribution in [3.8, 4) is 5.75 Å². The fraction of sp³-hybridized carbons (Fsp3) is 0.558. The number of carbonyl (C=O) groups excluding carboxylic acids is 9. The number of likely N-dealkylation sites (N-methyl/N-ethyl adjacent to an activating group) is 1. The molecule has 0 aliphatic carbocycles. The molecule has 0 spiro atoms. The predicted molar refractivity (Wildman–Crippen MR) is 274 cm³/mol. The van der Waals surface area contributed by atoms with E-state index in [4.69, 9.17) is 4.74 Å². The van der Waals surface area contributed by atoms with E-state index in [1.165, 1.54) is 45.4 Å². The van der Waals surface area contributed by atoms with E-state index in [1.54, 1.807) is 70.2 Å². The van der Waals surface area contributed by atoms with Crippen LogP contribution in [0.5, 0.6) is 5.75 Å². The lowest BCUT2D eigenvalue weighted by Crippen LogP contribution is -2.64. The number of esters is 1. The molecule has 2 saturated heterocycles. The molecule has 2 bridgehead atoms. The van der Waals surface area contributed by atoms with Crippen molar-refractivity contribution < 1.29 is 62.3 Å². The van der Waals surface area contributed by atoms with Crippen molar-refractivity contribution in [2.24, 2.45) is 11.8 Å². The molecule has 406 valence electrons. The van der Waals surface area contributed by atoms with E-state index in [0.29, 0.717) is 24.0 Å². The van der Waals surface area contributed by atoms with Crippen LogP contribution in [0.25, 0.3) is 0 Å². The fourth-order valence-electron chi connectivity index (χ4n) is 8.61. The molecule has 2 aromatic carbocycles. The number of benzene rings is 2. The number of piperidine rings is 1. The van der Waals surface area contributed by atoms with Gasteiger partial charge < -0.3 is 56.7 Å². The Bertz CT molecular complexity index is 2390. The van der Waals surface area contributed by atoms with Gasteiger partial charge in [0, 0.05) is 49.1 Å². The van der Waals surface area contributed by atoms with Gasteiger partial charge in [-0.2, -0.15) is 0 Å². The summed E-state index contributed by atoms with van der Waals surface area (Å²) in [6.07, 6.45) is -0.000657. The van der Waals surface area contributed by atoms with Crippen molar-refractivity contribution in [2.45, 2.75) is 154 Å². The molecule has 0 aromatic heterocycles. The van der Waals surface area contributed by atoms with Gasteiger partial charge in [0.05, 0.1) is 0 Å². The molecule has 2 aliphatic rings. The van der Waals surface area contributed by atoms with Crippen molar-refractivity contribution in [1.82, 2.24) is 41.7 Å². The van der Waals surface area contributed by atoms with E-state index >= 15 is 4.79 Å². The van der Waals surface area contributed by atoms with Crippen molar-refractivity contribution in [2.75, 3.05) is 19.1 Å². The van der Waals surface area contributed by atoms with Crippen LogP contribution >= 0.6 is 0 Å². The third-order valence-electron chi connectivity index (χ3n) is 13.2. The first kappa shape index (κ1) is 59.9. The van der Waals surface area contributed by atoms with Gasteiger partial charge >= 0.3 is 5.97 Å². The number of carbonyl (C=O) groups is 9. The minimum atomic E-state index is -1.83. The number of cyclic esters (lactones) is 1. The Morgan fingerprint density at radius 3 is 2.09 bits per heavy atom. The van der Waals surface area contributed by atoms with Crippen LogP contribution in [0.3, 0.4) is 0 Å². The second-order valence-electron chi connectivity index (χ2n) is 19.2. The van der Waals surface area contributed by atoms with Gasteiger partial charge in [0.2, 0.25) is 35.4 Å². The Morgan fingerprint density at radius 1 is 0.865 bits per heavy atom. The van der Waals surface area contributed by atoms with Crippen LogP contribution in [0, 0.1) is 11.8 Å². The summed E-state index contributed by atoms with van der Waals surface area (Å²) in [6.45, 7) is 11.3. The Hall–Kier alpha value is -6.68. The summed E-state index contributed by atoms with van der Waals surface area (Å²) in [4.78, 5) is 130. The molecule has 11 unspecified atom stereocenters. The second-order valence-corrected chi connectivity index (χ2v) is 20.8. The van der Waals surface area contributed by atoms with Gasteiger partial charge in [-0.1, -0.05) is 89.6 Å². The van der Waals surface area contributed by atoms with Gasteiger partial charge in [-0.05, 0) is 74.6 Å². The third-order valence-corrected chi connectivity index (χ3v) is 14.1. The summed E-state index contributed by atoms with van der Waals surface area (Å²) < 4.78 is 18.3. The second kappa shape index (κ2) is 28.1. The summed E-state index contributed by atoms with van der Waals surface area (Å²) in [5, 5.41) is 37.3. The van der Waals surface area contributed by atoms with Gasteiger partial charge in [0.25, 0.3) is 11.8 Å². The lowest BCUT2D eigenvalue weighted by molar-refractivity contribution is -0.165. The zero-order valence-corrected chi connectivity index (χ0v) is 44.5. The number of aromatic hydroxyl groups is 1. The molecule has 2 heterocycles. The summed E-state index contributed by atoms with van der Waals surface area (Å²) in [6, 6.07) is 4.58. The van der Waals surface area contributed by atoms with Crippen LogP contribution in [0.4, 0.5) is 0 Å². The highest BCUT2D eigenvalue weighted by atomic mass is 32.2. The van der Waals surface area contributed by atoms with Gasteiger partial charge in [0.1, 0.15) is 66.1 Å². The molecule has 0 radical (unpaired) electrons. The van der Waals surface area contributed by atoms with Gasteiger partial charge in [-0.15, -0.1) is 0 Å². The molecule has 8 amide bonds. The number of phenols is 1. The minimum Gasteiger partial charge on any atom is -0.508 e. The van der Waals surface area contributed by atoms with Gasteiger partial charge in [-0.3, -0.25) is 42.6 Å². The van der Waals surface area contributed by atoms with Gasteiger partial charge in [0.15, 0.2) is 0 Å². The number of hydrogen-bond donors (Lipinski definition) is 8. The molecule has 11 atom stereocenters. The number of aliphatic hydroxyl groups excluding tert-OH is 1. The minimum absolute atomic E-state index is 0.0625. The van der Waals surface area contributed by atoms with Crippen LogP contribution in [0.2, 0.25) is 0 Å². The summed E-state index contributed by atoms with van der Waals surface area (Å²) in [7, 11) is -0.117. The molecule has 4 rings (SSSR count). The number of allylic oxidation sites excluding steroid dienone is 1. The Kier molecular flexibility index (Phi) is 22.8. The maximum atomic E-state index is 15.0. The molecule has 2 aromatic rings. The molecule has 2 aliphatic heterocycles. The number of nitrogens with one attached hydrogen (secondary N) is 6. The number of aliphatic hydroxyl groups is 1. The Balaban J connectivity index is 1.84. The first-order valence-corrected chi connectivity index (χ1v) is 26.8. The monoisotopic (exact) mass is 1050 g/mol. The first-order valence-electron chi connectivity index (χ1n) is 25.1. The molecule has 0 saturated carbocycles. The third kappa shape index (κ3) is 16.4. The quantitative estimate of drug-likeness (QED) is 0.0811. The molecule has 2 fully saturated rings. The summed E-state index contributed by atoms with van der Waals surface area (Å²) in [5.74, 6) is -8.85. The van der Waals surface area contributed by atoms with Crippen LogP contribution in [-0.2, 0) is 71.5 Å². The van der Waals surface area contributed by atoms with E-state index in [0.717, 1.165) is 9.80 Å². The number of rotatable bonds is 17. The Morgan fingerprint density at radius 2 is 1.50 bits per heavy atom. The predicted octanol–water partition coefficient (Wildman–Crippen LogP) is 0.974. The highest BCUT2D eigenvalue weighted by Gasteiger charge is 2.45. The van der Waals surface area contributed by atoms with Crippen molar-refractivity contribution in [3.05, 3.63) is 77.5 Å². The summed E-state index contributed by atoms with van der Waals surface area (Å²) in [5.41, 5.74) is 0.693. The van der Waals surface area contributed by atoms with E-state index in [9.17, 15) is 52.8 Å². The molecular weight excluding hydrogens is 977 g/mol. The average molecular weight is 1050 g/mol. The van der Waals surface area contributed by atoms with Crippen LogP contribution in [0.1, 0.15) is 98.1 Å². The number of fused-ring (bicyclic) bond motifs is 2. The first-order chi connectivity index (χ1) is 35.0. The molecule has 8 N–H and O–H groups in total. The maximum Gasteiger partial charge on any atom is 0.329 e. The highest BCUT2D eigenvalue weighted by Crippen LogP contribution is 2.26. The van der Waals surface area contributed by atoms with Crippen LogP contribution in [0.15, 0.2) is 66.4 Å². The zero-order valence-electron chi connectivity index (χ0n) is 43.7. The van der Waals surface area contributed by atoms with Crippen LogP contribution in [-0.4, -0.2) is 151 Å². The van der Waals surface area contributed by atoms with E-state index in [-0.39, 0.29) is 61.9 Å². The Labute approximate surface area is 435 Å². The topological polar surface area (TPSA) is 299 Å². The fourth-order valence-corrected chi connectivity index (χ4v) is 9.18. The number of hydrogen-bond acceptors (Lipinski definition) is 13. The van der Waals surface area contributed by atoms with Crippen molar-refractivity contribution in [3.63, 3.8) is 0 Å². The van der Waals surface area contributed by atoms with E-state index in [2.05, 4.69) is 31.9 Å². The van der Waals surface area contributed by atoms with E-state index < -0.39 is 124 Å². The number of amides is 8. The number of nitrogens with zero attached hydrogens (tertiary/aromatic N) is 2. The van der Waals surface area contributed by atoms with Crippen molar-refractivity contribution >= 4 is 64.0 Å². The van der Waals surface area contributed by atoms with Crippen LogP contribution < -0.4 is 31.9 Å². The molecule has 21 nitrogen and oxygen atoms in total. The van der Waals surface area contributed by atoms with E-state index in [1.807, 2.05) is 6.92 Å². The number of ether oxygens (including phenoxy) is 1. The molecule has 22 heteroatoms. The van der Waals surface area contributed by atoms with Gasteiger partial charge in [-0.25, -0.2) is 4.79 Å². The molecular formula is C52H74N8O13S. The normalized spacial score (nSPS) is 24.7. The highest BCUT2D eigenvalue weighted by molar-refractivity contribution is 7.84. The SMILES string of the molecule is CC=C1NC(=O)C(NC(=O)C(CCS(C)=O)NC(=O)C(NC(=O)CCC)C(C)CC)C(C)OC(=O)C(C(C)C)NC(=O)C(Cc2ccc(O)cc2)N(C)C(=O)C(Cc2ccccc2)N2C(=O)C(CCC2O)NC1=O. The smallest absolute Gasteiger partial charge is 0.329 e. The lowest BCUT2D eigenvalue weighted by atomic mass is 9.95.